The fourth-order valence-electron chi connectivity index (χ4n) is 2.86. The molecule has 0 saturated heterocycles. The fourth-order valence-corrected chi connectivity index (χ4v) is 3.91. The van der Waals surface area contributed by atoms with Crippen LogP contribution in [0.15, 0.2) is 48.8 Å². The highest BCUT2D eigenvalue weighted by atomic mass is 32.2. The van der Waals surface area contributed by atoms with Crippen molar-refractivity contribution in [3.05, 3.63) is 59.9 Å². The summed E-state index contributed by atoms with van der Waals surface area (Å²) in [6.45, 7) is 5.08. The maximum absolute atomic E-state index is 12.5. The van der Waals surface area contributed by atoms with E-state index in [9.17, 15) is 13.2 Å². The Bertz CT molecular complexity index is 902. The average molecular weight is 372 g/mol. The van der Waals surface area contributed by atoms with Gasteiger partial charge in [-0.2, -0.15) is 0 Å². The van der Waals surface area contributed by atoms with Crippen molar-refractivity contribution in [3.63, 3.8) is 0 Å². The molecule has 5 nitrogen and oxygen atoms in total. The smallest absolute Gasteiger partial charge is 0.228 e. The fraction of sp³-hybridized carbons (Fsp3) is 0.400. The van der Waals surface area contributed by atoms with Crippen LogP contribution in [0.5, 0.6) is 0 Å². The zero-order chi connectivity index (χ0) is 18.9. The summed E-state index contributed by atoms with van der Waals surface area (Å²) in [5.74, 6) is 0.0890. The Kier molecular flexibility index (Phi) is 4.88. The molecule has 0 bridgehead atoms. The number of sulfone groups is 1. The highest BCUT2D eigenvalue weighted by molar-refractivity contribution is 7.91. The van der Waals surface area contributed by atoms with Gasteiger partial charge in [-0.1, -0.05) is 18.2 Å². The Morgan fingerprint density at radius 3 is 2.65 bits per heavy atom. The minimum atomic E-state index is -3.26. The van der Waals surface area contributed by atoms with E-state index in [2.05, 4.69) is 10.3 Å². The minimum Gasteiger partial charge on any atom is -0.326 e. The molecular formula is C20H24N2O3S. The Morgan fingerprint density at radius 2 is 2.00 bits per heavy atom. The summed E-state index contributed by atoms with van der Waals surface area (Å²) in [5.41, 5.74) is 2.39. The maximum atomic E-state index is 12.5. The van der Waals surface area contributed by atoms with Gasteiger partial charge in [0.25, 0.3) is 0 Å². The molecule has 2 aromatic rings. The molecule has 1 aliphatic rings. The lowest BCUT2D eigenvalue weighted by Crippen LogP contribution is -2.29. The largest absolute Gasteiger partial charge is 0.326 e. The third-order valence-electron chi connectivity index (χ3n) is 4.72. The number of benzene rings is 1. The highest BCUT2D eigenvalue weighted by Crippen LogP contribution is 2.47. The molecule has 0 unspecified atom stereocenters. The van der Waals surface area contributed by atoms with Crippen molar-refractivity contribution in [1.82, 2.24) is 4.98 Å². The van der Waals surface area contributed by atoms with Gasteiger partial charge in [0, 0.05) is 24.0 Å². The van der Waals surface area contributed by atoms with E-state index >= 15 is 0 Å². The van der Waals surface area contributed by atoms with E-state index in [1.54, 1.807) is 57.4 Å². The molecule has 6 heteroatoms. The van der Waals surface area contributed by atoms with E-state index in [4.69, 9.17) is 0 Å². The molecule has 1 N–H and O–H groups in total. The lowest BCUT2D eigenvalue weighted by atomic mass is 10.1. The van der Waals surface area contributed by atoms with E-state index in [1.165, 1.54) is 0 Å². The van der Waals surface area contributed by atoms with Crippen molar-refractivity contribution in [2.75, 3.05) is 5.32 Å². The summed E-state index contributed by atoms with van der Waals surface area (Å²) in [7, 11) is -3.26. The van der Waals surface area contributed by atoms with E-state index in [0.29, 0.717) is 11.3 Å². The van der Waals surface area contributed by atoms with Gasteiger partial charge >= 0.3 is 0 Å². The van der Waals surface area contributed by atoms with Gasteiger partial charge in [-0.05, 0) is 62.4 Å². The van der Waals surface area contributed by atoms with Crippen LogP contribution in [0.4, 0.5) is 5.69 Å². The van der Waals surface area contributed by atoms with Crippen molar-refractivity contribution in [3.8, 4) is 0 Å². The number of hydrogen-bond acceptors (Lipinski definition) is 4. The predicted molar refractivity (Wildman–Crippen MR) is 103 cm³/mol. The number of carbonyl (C=O) groups excluding carboxylic acids is 1. The first-order valence-electron chi connectivity index (χ1n) is 8.69. The van der Waals surface area contributed by atoms with E-state index < -0.39 is 14.6 Å². The Hall–Kier alpha value is -2.21. The molecule has 1 aromatic carbocycles. The number of nitrogens with one attached hydrogen (secondary N) is 1. The highest BCUT2D eigenvalue weighted by Gasteiger charge is 2.44. The van der Waals surface area contributed by atoms with Gasteiger partial charge in [-0.25, -0.2) is 8.42 Å². The Labute approximate surface area is 154 Å². The number of aromatic nitrogens is 1. The number of rotatable bonds is 5. The molecule has 0 radical (unpaired) electrons. The molecule has 26 heavy (non-hydrogen) atoms. The molecule has 0 aliphatic heterocycles. The zero-order valence-corrected chi connectivity index (χ0v) is 16.1. The number of carbonyl (C=O) groups is 1. The number of hydrogen-bond donors (Lipinski definition) is 1. The normalized spacial score (nSPS) is 19.8. The SMILES string of the molecule is CC(C)(C)S(=O)(=O)Cc1cccc(NC(=O)[C@@H]2C[C@H]2c2cccnc2)c1. The molecule has 1 amide bonds. The second kappa shape index (κ2) is 6.83. The van der Waals surface area contributed by atoms with Crippen LogP contribution in [0.1, 0.15) is 44.2 Å². The molecule has 3 rings (SSSR count). The molecule has 1 saturated carbocycles. The van der Waals surface area contributed by atoms with Crippen molar-refractivity contribution >= 4 is 21.4 Å². The van der Waals surface area contributed by atoms with Crippen molar-refractivity contribution in [2.24, 2.45) is 5.92 Å². The van der Waals surface area contributed by atoms with Gasteiger partial charge < -0.3 is 5.32 Å². The van der Waals surface area contributed by atoms with E-state index in [-0.39, 0.29) is 23.5 Å². The van der Waals surface area contributed by atoms with Gasteiger partial charge in [0.2, 0.25) is 5.91 Å². The predicted octanol–water partition coefficient (Wildman–Crippen LogP) is 3.54. The number of pyridine rings is 1. The lowest BCUT2D eigenvalue weighted by Gasteiger charge is -2.19. The monoisotopic (exact) mass is 372 g/mol. The summed E-state index contributed by atoms with van der Waals surface area (Å²) in [4.78, 5) is 16.6. The number of amides is 1. The number of nitrogens with zero attached hydrogens (tertiary/aromatic N) is 1. The molecule has 2 atom stereocenters. The molecule has 138 valence electrons. The summed E-state index contributed by atoms with van der Waals surface area (Å²) < 4.78 is 24.0. The van der Waals surface area contributed by atoms with Gasteiger partial charge in [0.05, 0.1) is 10.5 Å². The molecule has 1 aromatic heterocycles. The third kappa shape index (κ3) is 4.12. The molecule has 1 fully saturated rings. The van der Waals surface area contributed by atoms with Crippen LogP contribution < -0.4 is 5.32 Å². The van der Waals surface area contributed by atoms with Crippen molar-refractivity contribution in [2.45, 2.75) is 43.6 Å². The van der Waals surface area contributed by atoms with Gasteiger partial charge in [0.1, 0.15) is 0 Å². The average Bonchev–Trinajstić information content (AvgIpc) is 3.35. The van der Waals surface area contributed by atoms with Crippen molar-refractivity contribution in [1.29, 1.82) is 0 Å². The number of anilines is 1. The van der Waals surface area contributed by atoms with Crippen LogP contribution in [0.3, 0.4) is 0 Å². The molecule has 1 aliphatic carbocycles. The summed E-state index contributed by atoms with van der Waals surface area (Å²) >= 11 is 0. The zero-order valence-electron chi connectivity index (χ0n) is 15.3. The molecule has 0 spiro atoms. The van der Waals surface area contributed by atoms with Crippen molar-refractivity contribution < 1.29 is 13.2 Å². The first kappa shape index (κ1) is 18.6. The minimum absolute atomic E-state index is 0.0327. The second-order valence-corrected chi connectivity index (χ2v) is 10.5. The molecular weight excluding hydrogens is 348 g/mol. The maximum Gasteiger partial charge on any atom is 0.228 e. The third-order valence-corrected chi connectivity index (χ3v) is 7.30. The quantitative estimate of drug-likeness (QED) is 0.871. The standard InChI is InChI=1S/C20H24N2O3S/c1-20(2,3)26(24,25)13-14-6-4-8-16(10-14)22-19(23)18-11-17(18)15-7-5-9-21-12-15/h4-10,12,17-18H,11,13H2,1-3H3,(H,22,23)/t17-,18+/m0/s1. The van der Waals surface area contributed by atoms with Gasteiger partial charge in [-0.3, -0.25) is 9.78 Å². The van der Waals surface area contributed by atoms with Gasteiger partial charge in [0.15, 0.2) is 9.84 Å². The Balaban J connectivity index is 1.65. The Morgan fingerprint density at radius 1 is 1.23 bits per heavy atom. The summed E-state index contributed by atoms with van der Waals surface area (Å²) in [6, 6.07) is 10.9. The van der Waals surface area contributed by atoms with Crippen LogP contribution in [0, 0.1) is 5.92 Å². The first-order valence-corrected chi connectivity index (χ1v) is 10.3. The summed E-state index contributed by atoms with van der Waals surface area (Å²) in [6.07, 6.45) is 4.34. The van der Waals surface area contributed by atoms with Crippen LogP contribution in [-0.4, -0.2) is 24.1 Å². The van der Waals surface area contributed by atoms with Crippen LogP contribution in [0.2, 0.25) is 0 Å². The van der Waals surface area contributed by atoms with Crippen LogP contribution in [-0.2, 0) is 20.4 Å². The topological polar surface area (TPSA) is 76.1 Å². The van der Waals surface area contributed by atoms with E-state index in [0.717, 1.165) is 12.0 Å². The second-order valence-electron chi connectivity index (χ2n) is 7.80. The first-order chi connectivity index (χ1) is 12.2. The van der Waals surface area contributed by atoms with E-state index in [1.807, 2.05) is 12.1 Å². The van der Waals surface area contributed by atoms with Gasteiger partial charge in [-0.15, -0.1) is 0 Å². The summed E-state index contributed by atoms with van der Waals surface area (Å²) in [5, 5.41) is 2.91. The lowest BCUT2D eigenvalue weighted by molar-refractivity contribution is -0.117. The molecule has 1 heterocycles. The van der Waals surface area contributed by atoms with Crippen LogP contribution >= 0.6 is 0 Å². The van der Waals surface area contributed by atoms with Crippen LogP contribution in [0.25, 0.3) is 0 Å².